The Bertz CT molecular complexity index is 722. The van der Waals surface area contributed by atoms with Gasteiger partial charge in [-0.05, 0) is 17.2 Å². The van der Waals surface area contributed by atoms with Crippen molar-refractivity contribution < 1.29 is 9.18 Å². The maximum absolute atomic E-state index is 13.7. The number of carbonyl (C=O) groups excluding carboxylic acids is 1. The van der Waals surface area contributed by atoms with Crippen LogP contribution in [0.15, 0.2) is 60.7 Å². The number of hydrogen-bond donors (Lipinski definition) is 0. The first kappa shape index (κ1) is 17.4. The molecule has 25 heavy (non-hydrogen) atoms. The zero-order chi connectivity index (χ0) is 17.5. The van der Waals surface area contributed by atoms with Gasteiger partial charge in [0.05, 0.1) is 6.42 Å². The number of hydrogen-bond acceptors (Lipinski definition) is 2. The summed E-state index contributed by atoms with van der Waals surface area (Å²) in [6.07, 6.45) is 4.42. The molecule has 0 unspecified atom stereocenters. The third-order valence-corrected chi connectivity index (χ3v) is 4.50. The fourth-order valence-corrected chi connectivity index (χ4v) is 3.00. The first-order valence-corrected chi connectivity index (χ1v) is 8.67. The van der Waals surface area contributed by atoms with Crippen LogP contribution in [0.4, 0.5) is 4.39 Å². The third-order valence-electron chi connectivity index (χ3n) is 4.50. The Morgan fingerprint density at radius 2 is 1.64 bits per heavy atom. The van der Waals surface area contributed by atoms with E-state index in [1.54, 1.807) is 18.2 Å². The molecule has 2 aromatic carbocycles. The first-order valence-electron chi connectivity index (χ1n) is 8.67. The molecular weight excluding hydrogens is 315 g/mol. The summed E-state index contributed by atoms with van der Waals surface area (Å²) in [7, 11) is 0. The molecule has 0 aromatic heterocycles. The van der Waals surface area contributed by atoms with Crippen LogP contribution in [0.25, 0.3) is 6.08 Å². The molecule has 4 heteroatoms. The van der Waals surface area contributed by atoms with Crippen molar-refractivity contribution in [3.63, 3.8) is 0 Å². The first-order chi connectivity index (χ1) is 12.2. The van der Waals surface area contributed by atoms with Crippen LogP contribution >= 0.6 is 0 Å². The van der Waals surface area contributed by atoms with Crippen molar-refractivity contribution in [3.8, 4) is 0 Å². The number of carbonyl (C=O) groups is 1. The summed E-state index contributed by atoms with van der Waals surface area (Å²) in [6, 6.07) is 16.7. The SMILES string of the molecule is O=C(Cc1ccccc1F)N1CCN(C/C=C/c2ccccc2)CC1. The van der Waals surface area contributed by atoms with E-state index in [2.05, 4.69) is 29.2 Å². The van der Waals surface area contributed by atoms with E-state index in [0.29, 0.717) is 18.7 Å². The lowest BCUT2D eigenvalue weighted by molar-refractivity contribution is -0.132. The highest BCUT2D eigenvalue weighted by atomic mass is 19.1. The Kier molecular flexibility index (Phi) is 5.96. The highest BCUT2D eigenvalue weighted by Gasteiger charge is 2.21. The number of rotatable bonds is 5. The number of piperazine rings is 1. The predicted octanol–water partition coefficient (Wildman–Crippen LogP) is 3.23. The van der Waals surface area contributed by atoms with Crippen molar-refractivity contribution in [3.05, 3.63) is 77.6 Å². The van der Waals surface area contributed by atoms with Gasteiger partial charge in [-0.25, -0.2) is 4.39 Å². The van der Waals surface area contributed by atoms with Crippen LogP contribution in [0.2, 0.25) is 0 Å². The maximum atomic E-state index is 13.7. The van der Waals surface area contributed by atoms with E-state index in [4.69, 9.17) is 0 Å². The van der Waals surface area contributed by atoms with Gasteiger partial charge < -0.3 is 4.90 Å². The zero-order valence-electron chi connectivity index (χ0n) is 14.3. The largest absolute Gasteiger partial charge is 0.340 e. The molecule has 1 aliphatic rings. The van der Waals surface area contributed by atoms with Crippen LogP contribution in [-0.4, -0.2) is 48.4 Å². The Morgan fingerprint density at radius 1 is 0.960 bits per heavy atom. The van der Waals surface area contributed by atoms with E-state index in [9.17, 15) is 9.18 Å². The van der Waals surface area contributed by atoms with Gasteiger partial charge in [0, 0.05) is 32.7 Å². The summed E-state index contributed by atoms with van der Waals surface area (Å²) in [5.41, 5.74) is 1.67. The highest BCUT2D eigenvalue weighted by molar-refractivity contribution is 5.79. The molecule has 0 saturated carbocycles. The van der Waals surface area contributed by atoms with Gasteiger partial charge >= 0.3 is 0 Å². The second-order valence-corrected chi connectivity index (χ2v) is 6.26. The molecule has 1 aliphatic heterocycles. The monoisotopic (exact) mass is 338 g/mol. The minimum Gasteiger partial charge on any atom is -0.340 e. The molecule has 2 aromatic rings. The molecule has 0 atom stereocenters. The van der Waals surface area contributed by atoms with Crippen LogP contribution in [-0.2, 0) is 11.2 Å². The van der Waals surface area contributed by atoms with Gasteiger partial charge in [-0.3, -0.25) is 9.69 Å². The van der Waals surface area contributed by atoms with E-state index in [-0.39, 0.29) is 18.1 Å². The van der Waals surface area contributed by atoms with Crippen molar-refractivity contribution in [2.75, 3.05) is 32.7 Å². The molecule has 3 rings (SSSR count). The molecule has 1 heterocycles. The van der Waals surface area contributed by atoms with Crippen molar-refractivity contribution in [2.45, 2.75) is 6.42 Å². The van der Waals surface area contributed by atoms with E-state index < -0.39 is 0 Å². The number of halogens is 1. The topological polar surface area (TPSA) is 23.6 Å². The number of benzene rings is 2. The lowest BCUT2D eigenvalue weighted by atomic mass is 10.1. The molecular formula is C21H23FN2O. The summed E-state index contributed by atoms with van der Waals surface area (Å²) >= 11 is 0. The average Bonchev–Trinajstić information content (AvgIpc) is 2.65. The molecule has 0 spiro atoms. The predicted molar refractivity (Wildman–Crippen MR) is 98.6 cm³/mol. The summed E-state index contributed by atoms with van der Waals surface area (Å²) in [4.78, 5) is 16.5. The molecule has 130 valence electrons. The second kappa shape index (κ2) is 8.58. The summed E-state index contributed by atoms with van der Waals surface area (Å²) in [6.45, 7) is 3.98. The van der Waals surface area contributed by atoms with Crippen molar-refractivity contribution in [1.29, 1.82) is 0 Å². The smallest absolute Gasteiger partial charge is 0.227 e. The van der Waals surface area contributed by atoms with Gasteiger partial charge in [0.1, 0.15) is 5.82 Å². The van der Waals surface area contributed by atoms with Crippen LogP contribution in [0.1, 0.15) is 11.1 Å². The van der Waals surface area contributed by atoms with E-state index >= 15 is 0 Å². The maximum Gasteiger partial charge on any atom is 0.227 e. The Hall–Kier alpha value is -2.46. The zero-order valence-corrected chi connectivity index (χ0v) is 14.3. The molecule has 3 nitrogen and oxygen atoms in total. The minimum atomic E-state index is -0.305. The summed E-state index contributed by atoms with van der Waals surface area (Å²) in [5, 5.41) is 0. The molecule has 1 saturated heterocycles. The van der Waals surface area contributed by atoms with Gasteiger partial charge in [0.25, 0.3) is 0 Å². The van der Waals surface area contributed by atoms with Gasteiger partial charge in [0.15, 0.2) is 0 Å². The lowest BCUT2D eigenvalue weighted by Gasteiger charge is -2.34. The Labute approximate surface area is 148 Å². The molecule has 0 radical (unpaired) electrons. The van der Waals surface area contributed by atoms with Gasteiger partial charge in [-0.15, -0.1) is 0 Å². The van der Waals surface area contributed by atoms with Gasteiger partial charge in [-0.1, -0.05) is 60.7 Å². The standard InChI is InChI=1S/C21H23FN2O/c22-20-11-5-4-10-19(20)17-21(25)24-15-13-23(14-16-24)12-6-9-18-7-2-1-3-8-18/h1-11H,12-17H2/b9-6+. The second-order valence-electron chi connectivity index (χ2n) is 6.26. The third kappa shape index (κ3) is 5.00. The fourth-order valence-electron chi connectivity index (χ4n) is 3.00. The molecule has 0 N–H and O–H groups in total. The van der Waals surface area contributed by atoms with Crippen molar-refractivity contribution >= 4 is 12.0 Å². The summed E-state index contributed by atoms with van der Waals surface area (Å²) < 4.78 is 13.7. The molecule has 0 bridgehead atoms. The lowest BCUT2D eigenvalue weighted by Crippen LogP contribution is -2.49. The van der Waals surface area contributed by atoms with Gasteiger partial charge in [0.2, 0.25) is 5.91 Å². The Balaban J connectivity index is 1.44. The van der Waals surface area contributed by atoms with Gasteiger partial charge in [-0.2, -0.15) is 0 Å². The fraction of sp³-hybridized carbons (Fsp3) is 0.286. The van der Waals surface area contributed by atoms with E-state index in [1.165, 1.54) is 11.6 Å². The number of amides is 1. The van der Waals surface area contributed by atoms with Crippen LogP contribution < -0.4 is 0 Å². The number of nitrogens with zero attached hydrogens (tertiary/aromatic N) is 2. The summed E-state index contributed by atoms with van der Waals surface area (Å²) in [5.74, 6) is -0.301. The minimum absolute atomic E-state index is 0.00424. The van der Waals surface area contributed by atoms with Crippen LogP contribution in [0.5, 0.6) is 0 Å². The van der Waals surface area contributed by atoms with Crippen molar-refractivity contribution in [1.82, 2.24) is 9.80 Å². The van der Waals surface area contributed by atoms with Crippen molar-refractivity contribution in [2.24, 2.45) is 0 Å². The van der Waals surface area contributed by atoms with E-state index in [0.717, 1.165) is 19.6 Å². The quantitative estimate of drug-likeness (QED) is 0.836. The average molecular weight is 338 g/mol. The normalized spacial score (nSPS) is 15.6. The molecule has 1 amide bonds. The highest BCUT2D eigenvalue weighted by Crippen LogP contribution is 2.11. The molecule has 0 aliphatic carbocycles. The molecule has 1 fully saturated rings. The van der Waals surface area contributed by atoms with Crippen LogP contribution in [0.3, 0.4) is 0 Å². The Morgan fingerprint density at radius 3 is 2.36 bits per heavy atom. The van der Waals surface area contributed by atoms with E-state index in [1.807, 2.05) is 23.1 Å². The van der Waals surface area contributed by atoms with Crippen LogP contribution in [0, 0.1) is 5.82 Å².